The van der Waals surface area contributed by atoms with Crippen LogP contribution in [0.15, 0.2) is 42.5 Å². The molecule has 0 saturated heterocycles. The fraction of sp³-hybridized carbons (Fsp3) is 0.350. The number of benzene rings is 2. The molecule has 0 N–H and O–H groups in total. The summed E-state index contributed by atoms with van der Waals surface area (Å²) < 4.78 is 11.3. The predicted molar refractivity (Wildman–Crippen MR) is 96.9 cm³/mol. The molecule has 0 saturated carbocycles. The third-order valence-corrected chi connectivity index (χ3v) is 4.43. The predicted octanol–water partition coefficient (Wildman–Crippen LogP) is 5.36. The summed E-state index contributed by atoms with van der Waals surface area (Å²) >= 11 is 5.86. The van der Waals surface area contributed by atoms with Crippen LogP contribution in [0.2, 0.25) is 5.02 Å². The van der Waals surface area contributed by atoms with E-state index in [0.717, 1.165) is 12.2 Å². The lowest BCUT2D eigenvalue weighted by molar-refractivity contribution is 0.216. The van der Waals surface area contributed by atoms with Gasteiger partial charge in [-0.25, -0.2) is 0 Å². The van der Waals surface area contributed by atoms with Crippen molar-refractivity contribution in [2.75, 3.05) is 13.2 Å². The minimum atomic E-state index is 0.171. The Bertz CT molecular complexity index is 717. The van der Waals surface area contributed by atoms with Crippen LogP contribution in [0.4, 0.5) is 0 Å². The lowest BCUT2D eigenvalue weighted by Crippen LogP contribution is -2.15. The zero-order chi connectivity index (χ0) is 17.6. The highest BCUT2D eigenvalue weighted by atomic mass is 35.5. The molecule has 0 atom stereocenters. The number of ether oxygens (including phenoxy) is 2. The van der Waals surface area contributed by atoms with E-state index in [-0.39, 0.29) is 5.41 Å². The van der Waals surface area contributed by atoms with Gasteiger partial charge in [-0.15, -0.1) is 0 Å². The van der Waals surface area contributed by atoms with Crippen molar-refractivity contribution < 1.29 is 9.47 Å². The van der Waals surface area contributed by atoms with E-state index >= 15 is 0 Å². The first-order chi connectivity index (χ1) is 11.5. The molecule has 0 heterocycles. The van der Waals surface area contributed by atoms with Crippen molar-refractivity contribution in [2.24, 2.45) is 0 Å². The number of halogens is 1. The van der Waals surface area contributed by atoms with Crippen LogP contribution in [0, 0.1) is 11.3 Å². The third-order valence-electron chi connectivity index (χ3n) is 4.19. The van der Waals surface area contributed by atoms with Gasteiger partial charge in [-0.3, -0.25) is 0 Å². The Balaban J connectivity index is 1.86. The lowest BCUT2D eigenvalue weighted by Gasteiger charge is -2.23. The Hall–Kier alpha value is -2.18. The van der Waals surface area contributed by atoms with Crippen molar-refractivity contribution in [3.05, 3.63) is 58.6 Å². The molecule has 0 spiro atoms. The van der Waals surface area contributed by atoms with Gasteiger partial charge in [-0.05, 0) is 47.7 Å². The molecule has 0 aromatic heterocycles. The number of nitrogens with zero attached hydrogens (tertiary/aromatic N) is 1. The van der Waals surface area contributed by atoms with Crippen molar-refractivity contribution in [3.8, 4) is 17.6 Å². The van der Waals surface area contributed by atoms with Gasteiger partial charge in [0.1, 0.15) is 30.8 Å². The molecule has 0 aliphatic rings. The Morgan fingerprint density at radius 2 is 1.71 bits per heavy atom. The van der Waals surface area contributed by atoms with Gasteiger partial charge in [0.2, 0.25) is 0 Å². The van der Waals surface area contributed by atoms with Crippen LogP contribution < -0.4 is 9.47 Å². The monoisotopic (exact) mass is 343 g/mol. The third kappa shape index (κ3) is 4.66. The molecule has 4 heteroatoms. The summed E-state index contributed by atoms with van der Waals surface area (Å²) in [6.45, 7) is 7.42. The molecule has 3 nitrogen and oxygen atoms in total. The van der Waals surface area contributed by atoms with Gasteiger partial charge in [0.15, 0.2) is 0 Å². The average molecular weight is 344 g/mol. The van der Waals surface area contributed by atoms with Crippen molar-refractivity contribution in [3.63, 3.8) is 0 Å². The maximum atomic E-state index is 9.07. The van der Waals surface area contributed by atoms with Crippen LogP contribution >= 0.6 is 11.6 Å². The molecule has 2 aromatic carbocycles. The van der Waals surface area contributed by atoms with E-state index < -0.39 is 0 Å². The van der Waals surface area contributed by atoms with Crippen LogP contribution in [-0.2, 0) is 5.41 Å². The molecule has 0 unspecified atom stereocenters. The first kappa shape index (κ1) is 18.2. The van der Waals surface area contributed by atoms with Gasteiger partial charge in [0.25, 0.3) is 0 Å². The summed E-state index contributed by atoms with van der Waals surface area (Å²) in [5, 5.41) is 9.59. The van der Waals surface area contributed by atoms with Crippen LogP contribution in [0.3, 0.4) is 0 Å². The van der Waals surface area contributed by atoms with Crippen LogP contribution in [0.5, 0.6) is 11.5 Å². The second-order valence-electron chi connectivity index (χ2n) is 6.21. The van der Waals surface area contributed by atoms with E-state index in [9.17, 15) is 0 Å². The molecule has 2 aromatic rings. The summed E-state index contributed by atoms with van der Waals surface area (Å²) in [6.07, 6.45) is 1.09. The minimum Gasteiger partial charge on any atom is -0.490 e. The summed E-state index contributed by atoms with van der Waals surface area (Å²) in [5.41, 5.74) is 1.89. The highest BCUT2D eigenvalue weighted by Gasteiger charge is 2.17. The van der Waals surface area contributed by atoms with Crippen LogP contribution in [-0.4, -0.2) is 13.2 Å². The average Bonchev–Trinajstić information content (AvgIpc) is 2.60. The van der Waals surface area contributed by atoms with Crippen molar-refractivity contribution >= 4 is 11.6 Å². The molecule has 0 aliphatic heterocycles. The van der Waals surface area contributed by atoms with Gasteiger partial charge in [0, 0.05) is 5.02 Å². The fourth-order valence-electron chi connectivity index (χ4n) is 2.23. The first-order valence-electron chi connectivity index (χ1n) is 8.02. The van der Waals surface area contributed by atoms with E-state index in [4.69, 9.17) is 26.3 Å². The SMILES string of the molecule is CCC(C)(C)c1ccc(OCCOc2ccc(Cl)cc2C#N)cc1. The van der Waals surface area contributed by atoms with Gasteiger partial charge in [0.05, 0.1) is 5.56 Å². The molecule has 126 valence electrons. The van der Waals surface area contributed by atoms with E-state index in [2.05, 4.69) is 39.0 Å². The van der Waals surface area contributed by atoms with E-state index in [1.807, 2.05) is 12.1 Å². The van der Waals surface area contributed by atoms with Crippen molar-refractivity contribution in [1.82, 2.24) is 0 Å². The molecular weight excluding hydrogens is 322 g/mol. The van der Waals surface area contributed by atoms with E-state index in [1.165, 1.54) is 5.56 Å². The van der Waals surface area contributed by atoms with Crippen molar-refractivity contribution in [1.29, 1.82) is 5.26 Å². The zero-order valence-corrected chi connectivity index (χ0v) is 15.1. The number of nitriles is 1. The molecule has 2 rings (SSSR count). The number of rotatable bonds is 7. The molecular formula is C20H22ClNO2. The number of hydrogen-bond donors (Lipinski definition) is 0. The van der Waals surface area contributed by atoms with Crippen LogP contribution in [0.1, 0.15) is 38.3 Å². The Kier molecular flexibility index (Phi) is 6.11. The van der Waals surface area contributed by atoms with Gasteiger partial charge in [-0.2, -0.15) is 5.26 Å². The lowest BCUT2D eigenvalue weighted by atomic mass is 9.82. The molecule has 24 heavy (non-hydrogen) atoms. The second kappa shape index (κ2) is 8.08. The summed E-state index contributed by atoms with van der Waals surface area (Å²) in [6, 6.07) is 15.2. The highest BCUT2D eigenvalue weighted by Crippen LogP contribution is 2.28. The van der Waals surface area contributed by atoms with E-state index in [0.29, 0.717) is 29.5 Å². The summed E-state index contributed by atoms with van der Waals surface area (Å²) in [5.74, 6) is 1.33. The highest BCUT2D eigenvalue weighted by molar-refractivity contribution is 6.30. The topological polar surface area (TPSA) is 42.2 Å². The molecule has 0 fully saturated rings. The Morgan fingerprint density at radius 1 is 1.04 bits per heavy atom. The summed E-state index contributed by atoms with van der Waals surface area (Å²) in [4.78, 5) is 0. The maximum Gasteiger partial charge on any atom is 0.137 e. The molecule has 0 aliphatic carbocycles. The summed E-state index contributed by atoms with van der Waals surface area (Å²) in [7, 11) is 0. The smallest absolute Gasteiger partial charge is 0.137 e. The van der Waals surface area contributed by atoms with E-state index in [1.54, 1.807) is 18.2 Å². The van der Waals surface area contributed by atoms with Gasteiger partial charge in [-0.1, -0.05) is 44.5 Å². The molecule has 0 amide bonds. The molecule has 0 radical (unpaired) electrons. The Labute approximate surface area is 148 Å². The van der Waals surface area contributed by atoms with Gasteiger partial charge < -0.3 is 9.47 Å². The minimum absolute atomic E-state index is 0.171. The van der Waals surface area contributed by atoms with Gasteiger partial charge >= 0.3 is 0 Å². The standard InChI is InChI=1S/C20H22ClNO2/c1-4-20(2,3)16-5-8-18(9-6-16)23-11-12-24-19-10-7-17(21)13-15(19)14-22/h5-10,13H,4,11-12H2,1-3H3. The zero-order valence-electron chi connectivity index (χ0n) is 14.3. The second-order valence-corrected chi connectivity index (χ2v) is 6.65. The first-order valence-corrected chi connectivity index (χ1v) is 8.40. The quantitative estimate of drug-likeness (QED) is 0.636. The molecule has 0 bridgehead atoms. The Morgan fingerprint density at radius 3 is 2.33 bits per heavy atom. The fourth-order valence-corrected chi connectivity index (χ4v) is 2.41. The largest absolute Gasteiger partial charge is 0.490 e. The van der Waals surface area contributed by atoms with Crippen molar-refractivity contribution in [2.45, 2.75) is 32.6 Å². The number of hydrogen-bond acceptors (Lipinski definition) is 3. The normalized spacial score (nSPS) is 11.0. The maximum absolute atomic E-state index is 9.07. The van der Waals surface area contributed by atoms with Crippen LogP contribution in [0.25, 0.3) is 0 Å².